The minimum Gasteiger partial charge on any atom is -0.489 e. The second-order valence-electron chi connectivity index (χ2n) is 9.04. The number of imidazole rings is 1. The fourth-order valence-electron chi connectivity index (χ4n) is 4.82. The van der Waals surface area contributed by atoms with E-state index in [2.05, 4.69) is 43.2 Å². The Morgan fingerprint density at radius 3 is 2.85 bits per heavy atom. The standard InChI is InChI=1S/C25H26FN7O/c1-15-28-20-6-4-16(10-22(20)32(15)3)24-19(26)12-27-25(30-24)29-17-5-7-21-23(11-17)34-14-18-13-31(2)8-9-33(18)21/h4-7,10-12,18H,8-9,13-14H2,1-3H3,(H,27,29,30). The maximum atomic E-state index is 14.7. The summed E-state index contributed by atoms with van der Waals surface area (Å²) in [7, 11) is 4.09. The van der Waals surface area contributed by atoms with Gasteiger partial charge >= 0.3 is 0 Å². The normalized spacial score (nSPS) is 17.9. The number of ether oxygens (including phenoxy) is 1. The highest BCUT2D eigenvalue weighted by atomic mass is 19.1. The molecule has 0 aliphatic carbocycles. The van der Waals surface area contributed by atoms with Gasteiger partial charge in [0.15, 0.2) is 5.82 Å². The first-order valence-corrected chi connectivity index (χ1v) is 11.4. The summed E-state index contributed by atoms with van der Waals surface area (Å²) in [5, 5.41) is 3.21. The molecule has 4 aromatic rings. The molecule has 1 saturated heterocycles. The molecule has 8 nitrogen and oxygen atoms in total. The van der Waals surface area contributed by atoms with Crippen LogP contribution in [0.4, 0.5) is 21.7 Å². The zero-order chi connectivity index (χ0) is 23.4. The van der Waals surface area contributed by atoms with Gasteiger partial charge in [0.2, 0.25) is 5.95 Å². The number of hydrogen-bond donors (Lipinski definition) is 1. The summed E-state index contributed by atoms with van der Waals surface area (Å²) in [6.45, 7) is 5.62. The molecular formula is C25H26FN7O. The molecule has 6 rings (SSSR count). The van der Waals surface area contributed by atoms with E-state index in [1.807, 2.05) is 48.9 Å². The predicted molar refractivity (Wildman–Crippen MR) is 130 cm³/mol. The van der Waals surface area contributed by atoms with Gasteiger partial charge in [-0.05, 0) is 38.2 Å². The van der Waals surface area contributed by atoms with Gasteiger partial charge in [-0.2, -0.15) is 0 Å². The molecule has 2 aliphatic rings. The van der Waals surface area contributed by atoms with E-state index in [-0.39, 0.29) is 5.69 Å². The summed E-state index contributed by atoms with van der Waals surface area (Å²) in [5.74, 6) is 1.59. The average molecular weight is 460 g/mol. The van der Waals surface area contributed by atoms with Gasteiger partial charge in [0.1, 0.15) is 23.9 Å². The number of benzene rings is 2. The summed E-state index contributed by atoms with van der Waals surface area (Å²) >= 11 is 0. The molecule has 0 bridgehead atoms. The highest BCUT2D eigenvalue weighted by Gasteiger charge is 2.31. The van der Waals surface area contributed by atoms with Crippen LogP contribution in [0.15, 0.2) is 42.6 Å². The van der Waals surface area contributed by atoms with Crippen molar-refractivity contribution in [2.45, 2.75) is 13.0 Å². The molecule has 0 amide bonds. The number of anilines is 3. The number of fused-ring (bicyclic) bond motifs is 4. The number of halogens is 1. The lowest BCUT2D eigenvalue weighted by Gasteiger charge is -2.44. The summed E-state index contributed by atoms with van der Waals surface area (Å²) in [6, 6.07) is 12.0. The summed E-state index contributed by atoms with van der Waals surface area (Å²) in [5.41, 5.74) is 4.61. The third kappa shape index (κ3) is 3.52. The molecular weight excluding hydrogens is 433 g/mol. The molecule has 2 aromatic carbocycles. The molecule has 1 unspecified atom stereocenters. The van der Waals surface area contributed by atoms with Crippen LogP contribution in [-0.2, 0) is 7.05 Å². The van der Waals surface area contributed by atoms with Crippen LogP contribution in [0, 0.1) is 12.7 Å². The van der Waals surface area contributed by atoms with E-state index in [9.17, 15) is 4.39 Å². The third-order valence-corrected chi connectivity index (χ3v) is 6.76. The minimum atomic E-state index is -0.473. The Morgan fingerprint density at radius 1 is 1.09 bits per heavy atom. The zero-order valence-corrected chi connectivity index (χ0v) is 19.4. The van der Waals surface area contributed by atoms with Crippen LogP contribution in [0.2, 0.25) is 0 Å². The number of rotatable bonds is 3. The fourth-order valence-corrected chi connectivity index (χ4v) is 4.82. The van der Waals surface area contributed by atoms with Gasteiger partial charge < -0.3 is 24.4 Å². The van der Waals surface area contributed by atoms with Crippen molar-refractivity contribution in [3.05, 3.63) is 54.2 Å². The smallest absolute Gasteiger partial charge is 0.227 e. The molecule has 2 aromatic heterocycles. The lowest BCUT2D eigenvalue weighted by Crippen LogP contribution is -2.56. The van der Waals surface area contributed by atoms with Crippen molar-refractivity contribution in [3.63, 3.8) is 0 Å². The number of piperazine rings is 1. The van der Waals surface area contributed by atoms with Crippen molar-refractivity contribution in [2.75, 3.05) is 43.5 Å². The predicted octanol–water partition coefficient (Wildman–Crippen LogP) is 3.73. The van der Waals surface area contributed by atoms with Gasteiger partial charge in [0, 0.05) is 44.0 Å². The van der Waals surface area contributed by atoms with Crippen LogP contribution in [0.1, 0.15) is 5.82 Å². The van der Waals surface area contributed by atoms with Gasteiger partial charge in [0.25, 0.3) is 0 Å². The molecule has 9 heteroatoms. The molecule has 174 valence electrons. The molecule has 0 radical (unpaired) electrons. The Morgan fingerprint density at radius 2 is 1.97 bits per heavy atom. The number of hydrogen-bond acceptors (Lipinski definition) is 7. The van der Waals surface area contributed by atoms with Crippen LogP contribution in [0.5, 0.6) is 5.75 Å². The first kappa shape index (κ1) is 20.9. The van der Waals surface area contributed by atoms with Crippen LogP contribution in [0.25, 0.3) is 22.3 Å². The molecule has 1 fully saturated rings. The Kier molecular flexibility index (Phi) is 4.88. The zero-order valence-electron chi connectivity index (χ0n) is 19.4. The monoisotopic (exact) mass is 459 g/mol. The topological polar surface area (TPSA) is 71.3 Å². The average Bonchev–Trinajstić information content (AvgIpc) is 3.12. The van der Waals surface area contributed by atoms with Gasteiger partial charge in [-0.15, -0.1) is 0 Å². The third-order valence-electron chi connectivity index (χ3n) is 6.76. The molecule has 1 atom stereocenters. The van der Waals surface area contributed by atoms with E-state index in [0.717, 1.165) is 53.6 Å². The quantitative estimate of drug-likeness (QED) is 0.501. The van der Waals surface area contributed by atoms with Crippen LogP contribution in [0.3, 0.4) is 0 Å². The van der Waals surface area contributed by atoms with Crippen molar-refractivity contribution in [1.82, 2.24) is 24.4 Å². The Balaban J connectivity index is 1.29. The Bertz CT molecular complexity index is 1400. The first-order valence-electron chi connectivity index (χ1n) is 11.4. The van der Waals surface area contributed by atoms with Crippen molar-refractivity contribution in [2.24, 2.45) is 7.05 Å². The van der Waals surface area contributed by atoms with Crippen molar-refractivity contribution in [1.29, 1.82) is 0 Å². The van der Waals surface area contributed by atoms with E-state index in [1.165, 1.54) is 6.20 Å². The lowest BCUT2D eigenvalue weighted by atomic mass is 10.1. The Labute approximate surface area is 197 Å². The fraction of sp³-hybridized carbons (Fsp3) is 0.320. The second kappa shape index (κ2) is 7.95. The molecule has 34 heavy (non-hydrogen) atoms. The van der Waals surface area contributed by atoms with E-state index in [4.69, 9.17) is 4.74 Å². The van der Waals surface area contributed by atoms with E-state index >= 15 is 0 Å². The largest absolute Gasteiger partial charge is 0.489 e. The Hall–Kier alpha value is -3.72. The van der Waals surface area contributed by atoms with Gasteiger partial charge in [-0.3, -0.25) is 0 Å². The number of nitrogens with one attached hydrogen (secondary N) is 1. The SMILES string of the molecule is Cc1nc2ccc(-c3nc(Nc4ccc5c(c4)OCC4CN(C)CCN54)ncc3F)cc2n1C. The number of nitrogens with zero attached hydrogens (tertiary/aromatic N) is 6. The minimum absolute atomic E-state index is 0.243. The van der Waals surface area contributed by atoms with E-state index in [1.54, 1.807) is 0 Å². The van der Waals surface area contributed by atoms with Crippen LogP contribution >= 0.6 is 0 Å². The van der Waals surface area contributed by atoms with Gasteiger partial charge in [-0.25, -0.2) is 19.3 Å². The molecule has 0 spiro atoms. The number of aromatic nitrogens is 4. The van der Waals surface area contributed by atoms with Crippen molar-refractivity contribution in [3.8, 4) is 17.0 Å². The van der Waals surface area contributed by atoms with E-state index < -0.39 is 5.82 Å². The molecule has 1 N–H and O–H groups in total. The molecule has 0 saturated carbocycles. The van der Waals surface area contributed by atoms with Gasteiger partial charge in [-0.1, -0.05) is 6.07 Å². The lowest BCUT2D eigenvalue weighted by molar-refractivity contribution is 0.188. The first-order chi connectivity index (χ1) is 16.5. The summed E-state index contributed by atoms with van der Waals surface area (Å²) in [4.78, 5) is 17.9. The molecule has 4 heterocycles. The van der Waals surface area contributed by atoms with Crippen molar-refractivity contribution >= 4 is 28.4 Å². The maximum absolute atomic E-state index is 14.7. The van der Waals surface area contributed by atoms with Crippen molar-refractivity contribution < 1.29 is 9.13 Å². The van der Waals surface area contributed by atoms with E-state index in [0.29, 0.717) is 24.2 Å². The maximum Gasteiger partial charge on any atom is 0.227 e. The molecule has 2 aliphatic heterocycles. The highest BCUT2D eigenvalue weighted by Crippen LogP contribution is 2.37. The highest BCUT2D eigenvalue weighted by molar-refractivity contribution is 5.82. The second-order valence-corrected chi connectivity index (χ2v) is 9.04. The van der Waals surface area contributed by atoms with Crippen LogP contribution < -0.4 is 15.0 Å². The summed E-state index contributed by atoms with van der Waals surface area (Å²) < 4.78 is 22.8. The number of aryl methyl sites for hydroxylation is 2. The summed E-state index contributed by atoms with van der Waals surface area (Å²) in [6.07, 6.45) is 1.20. The van der Waals surface area contributed by atoms with Gasteiger partial charge in [0.05, 0.1) is 29.0 Å². The van der Waals surface area contributed by atoms with Crippen LogP contribution in [-0.4, -0.2) is 63.7 Å². The number of likely N-dealkylation sites (N-methyl/N-ethyl adjacent to an activating group) is 1.